The molecule has 0 rings (SSSR count). The molecule has 0 aliphatic carbocycles. The molecule has 0 aromatic rings. The van der Waals surface area contributed by atoms with Gasteiger partial charge >= 0.3 is 17.9 Å². The third kappa shape index (κ3) is 43.8. The van der Waals surface area contributed by atoms with Crippen LogP contribution in [0.3, 0.4) is 0 Å². The van der Waals surface area contributed by atoms with Gasteiger partial charge < -0.3 is 14.2 Å². The van der Waals surface area contributed by atoms with Crippen LogP contribution in [0.4, 0.5) is 0 Å². The highest BCUT2D eigenvalue weighted by Crippen LogP contribution is 2.17. The summed E-state index contributed by atoms with van der Waals surface area (Å²) in [5, 5.41) is 0. The quantitative estimate of drug-likeness (QED) is 0.0346. The molecule has 0 aromatic heterocycles. The van der Waals surface area contributed by atoms with E-state index < -0.39 is 6.10 Å². The van der Waals surface area contributed by atoms with Crippen molar-refractivity contribution in [3.05, 3.63) is 0 Å². The minimum Gasteiger partial charge on any atom is -0.462 e. The van der Waals surface area contributed by atoms with E-state index in [2.05, 4.69) is 27.7 Å². The van der Waals surface area contributed by atoms with E-state index in [1.807, 2.05) is 0 Å². The van der Waals surface area contributed by atoms with Gasteiger partial charge in [0.2, 0.25) is 0 Å². The highest BCUT2D eigenvalue weighted by Gasteiger charge is 2.19. The fourth-order valence-corrected chi connectivity index (χ4v) is 7.66. The van der Waals surface area contributed by atoms with Gasteiger partial charge in [0.05, 0.1) is 0 Å². The van der Waals surface area contributed by atoms with Crippen LogP contribution in [0.2, 0.25) is 0 Å². The maximum Gasteiger partial charge on any atom is 0.306 e. The Hall–Kier alpha value is -1.59. The van der Waals surface area contributed by atoms with E-state index in [9.17, 15) is 14.4 Å². The molecule has 1 unspecified atom stereocenters. The molecule has 0 fully saturated rings. The predicted molar refractivity (Wildman–Crippen MR) is 243 cm³/mol. The molecule has 0 radical (unpaired) electrons. The van der Waals surface area contributed by atoms with E-state index in [1.54, 1.807) is 0 Å². The van der Waals surface area contributed by atoms with Crippen LogP contribution in [0.25, 0.3) is 0 Å². The van der Waals surface area contributed by atoms with Crippen LogP contribution in [0, 0.1) is 5.92 Å². The van der Waals surface area contributed by atoms with E-state index in [-0.39, 0.29) is 31.1 Å². The number of carbonyl (C=O) groups excluding carboxylic acids is 3. The van der Waals surface area contributed by atoms with Gasteiger partial charge in [0.15, 0.2) is 6.10 Å². The van der Waals surface area contributed by atoms with Crippen molar-refractivity contribution in [1.29, 1.82) is 0 Å². The molecule has 0 aliphatic heterocycles. The lowest BCUT2D eigenvalue weighted by atomic mass is 10.00. The topological polar surface area (TPSA) is 78.9 Å². The number of esters is 3. The molecule has 0 amide bonds. The molecule has 0 heterocycles. The van der Waals surface area contributed by atoms with Gasteiger partial charge in [0.1, 0.15) is 13.2 Å². The summed E-state index contributed by atoms with van der Waals surface area (Å²) in [7, 11) is 0. The number of hydrogen-bond donors (Lipinski definition) is 0. The molecular weight excluding hydrogens is 709 g/mol. The third-order valence-electron chi connectivity index (χ3n) is 11.9. The lowest BCUT2D eigenvalue weighted by Gasteiger charge is -2.18. The normalized spacial score (nSPS) is 12.4. The Labute approximate surface area is 355 Å². The van der Waals surface area contributed by atoms with Crippen molar-refractivity contribution in [3.63, 3.8) is 0 Å². The molecule has 0 spiro atoms. The second-order valence-electron chi connectivity index (χ2n) is 17.7. The first-order valence-electron chi connectivity index (χ1n) is 25.4. The number of carbonyl (C=O) groups is 3. The Bertz CT molecular complexity index is 859. The van der Waals surface area contributed by atoms with Crippen molar-refractivity contribution < 1.29 is 28.6 Å². The Morgan fingerprint density at radius 2 is 0.614 bits per heavy atom. The smallest absolute Gasteiger partial charge is 0.306 e. The molecule has 6 nitrogen and oxygen atoms in total. The Balaban J connectivity index is 4.27. The van der Waals surface area contributed by atoms with E-state index in [0.29, 0.717) is 19.3 Å². The molecule has 57 heavy (non-hydrogen) atoms. The summed E-state index contributed by atoms with van der Waals surface area (Å²) < 4.78 is 16.8. The van der Waals surface area contributed by atoms with E-state index in [4.69, 9.17) is 14.2 Å². The first-order valence-corrected chi connectivity index (χ1v) is 25.4. The molecule has 0 saturated carbocycles. The van der Waals surface area contributed by atoms with Crippen molar-refractivity contribution in [2.24, 2.45) is 5.92 Å². The standard InChI is InChI=1S/C51H98O6/c1-5-8-10-12-14-16-18-19-20-21-22-23-24-26-28-30-36-40-44-51(54)57-48(46-56-50(53)43-39-35-32-31-33-37-41-47(4)7-3)45-55-49(52)42-38-34-29-27-25-17-15-13-11-9-6-2/h47-48H,5-46H2,1-4H3/t47?,48-/m1/s1. The summed E-state index contributed by atoms with van der Waals surface area (Å²) in [6.07, 6.45) is 46.6. The van der Waals surface area contributed by atoms with E-state index >= 15 is 0 Å². The van der Waals surface area contributed by atoms with Crippen LogP contribution in [0.5, 0.6) is 0 Å². The van der Waals surface area contributed by atoms with Crippen LogP contribution < -0.4 is 0 Å². The van der Waals surface area contributed by atoms with Crippen LogP contribution in [0.1, 0.15) is 285 Å². The van der Waals surface area contributed by atoms with Crippen molar-refractivity contribution in [2.45, 2.75) is 291 Å². The van der Waals surface area contributed by atoms with Gasteiger partial charge in [-0.05, 0) is 25.2 Å². The molecule has 2 atom stereocenters. The number of unbranched alkanes of at least 4 members (excludes halogenated alkanes) is 32. The Morgan fingerprint density at radius 3 is 0.912 bits per heavy atom. The van der Waals surface area contributed by atoms with Crippen LogP contribution >= 0.6 is 0 Å². The van der Waals surface area contributed by atoms with Crippen LogP contribution in [-0.4, -0.2) is 37.2 Å². The Morgan fingerprint density at radius 1 is 0.351 bits per heavy atom. The summed E-state index contributed by atoms with van der Waals surface area (Å²) in [6.45, 7) is 8.99. The average Bonchev–Trinajstić information content (AvgIpc) is 3.21. The van der Waals surface area contributed by atoms with Gasteiger partial charge in [-0.2, -0.15) is 0 Å². The van der Waals surface area contributed by atoms with Gasteiger partial charge in [-0.25, -0.2) is 0 Å². The second kappa shape index (κ2) is 45.5. The molecule has 0 bridgehead atoms. The van der Waals surface area contributed by atoms with Crippen molar-refractivity contribution in [2.75, 3.05) is 13.2 Å². The third-order valence-corrected chi connectivity index (χ3v) is 11.9. The Kier molecular flexibility index (Phi) is 44.2. The molecule has 0 saturated heterocycles. The lowest BCUT2D eigenvalue weighted by Crippen LogP contribution is -2.30. The first kappa shape index (κ1) is 55.4. The zero-order valence-corrected chi connectivity index (χ0v) is 38.8. The summed E-state index contributed by atoms with van der Waals surface area (Å²) in [6, 6.07) is 0. The van der Waals surface area contributed by atoms with Gasteiger partial charge in [-0.1, -0.05) is 246 Å². The van der Waals surface area contributed by atoms with Crippen molar-refractivity contribution >= 4 is 17.9 Å². The minimum atomic E-state index is -0.760. The van der Waals surface area contributed by atoms with Crippen LogP contribution in [-0.2, 0) is 28.6 Å². The second-order valence-corrected chi connectivity index (χ2v) is 17.7. The van der Waals surface area contributed by atoms with Crippen LogP contribution in [0.15, 0.2) is 0 Å². The number of rotatable bonds is 46. The van der Waals surface area contributed by atoms with E-state index in [0.717, 1.165) is 63.7 Å². The maximum atomic E-state index is 12.8. The first-order chi connectivity index (χ1) is 27.9. The maximum absolute atomic E-state index is 12.8. The predicted octanol–water partition coefficient (Wildman–Crippen LogP) is 16.3. The highest BCUT2D eigenvalue weighted by atomic mass is 16.6. The highest BCUT2D eigenvalue weighted by molar-refractivity contribution is 5.71. The summed E-state index contributed by atoms with van der Waals surface area (Å²) in [5.41, 5.74) is 0. The number of ether oxygens (including phenoxy) is 3. The fraction of sp³-hybridized carbons (Fsp3) is 0.941. The van der Waals surface area contributed by atoms with Crippen molar-refractivity contribution in [3.8, 4) is 0 Å². The molecule has 0 aromatic carbocycles. The van der Waals surface area contributed by atoms with Gasteiger partial charge in [0.25, 0.3) is 0 Å². The molecular formula is C51H98O6. The zero-order chi connectivity index (χ0) is 41.7. The number of hydrogen-bond acceptors (Lipinski definition) is 6. The summed E-state index contributed by atoms with van der Waals surface area (Å²) >= 11 is 0. The van der Waals surface area contributed by atoms with Gasteiger partial charge in [-0.15, -0.1) is 0 Å². The SMILES string of the molecule is CCCCCCCCCCCCCCCCCCCCC(=O)O[C@H](COC(=O)CCCCCCCCCCCCC)COC(=O)CCCCCCCCC(C)CC. The summed E-state index contributed by atoms with van der Waals surface area (Å²) in [4.78, 5) is 37.8. The largest absolute Gasteiger partial charge is 0.462 e. The zero-order valence-electron chi connectivity index (χ0n) is 38.8. The van der Waals surface area contributed by atoms with E-state index in [1.165, 1.54) is 180 Å². The minimum absolute atomic E-state index is 0.0638. The molecule has 338 valence electrons. The fourth-order valence-electron chi connectivity index (χ4n) is 7.66. The molecule has 0 N–H and O–H groups in total. The van der Waals surface area contributed by atoms with Gasteiger partial charge in [-0.3, -0.25) is 14.4 Å². The lowest BCUT2D eigenvalue weighted by molar-refractivity contribution is -0.167. The monoisotopic (exact) mass is 807 g/mol. The molecule has 6 heteroatoms. The summed E-state index contributed by atoms with van der Waals surface area (Å²) in [5.74, 6) is -0.0360. The van der Waals surface area contributed by atoms with Crippen molar-refractivity contribution in [1.82, 2.24) is 0 Å². The molecule has 0 aliphatic rings. The van der Waals surface area contributed by atoms with Gasteiger partial charge in [0, 0.05) is 19.3 Å². The average molecular weight is 807 g/mol.